The summed E-state index contributed by atoms with van der Waals surface area (Å²) in [6.45, 7) is 3.87. The molecule has 0 unspecified atom stereocenters. The molecular formula is C7H14O2. The van der Waals surface area contributed by atoms with Crippen LogP contribution in [0.1, 0.15) is 13.3 Å². The molecule has 1 rings (SSSR count). The molecule has 1 saturated heterocycles. The first-order chi connectivity index (χ1) is 4.33. The van der Waals surface area contributed by atoms with Crippen LogP contribution in [0.2, 0.25) is 0 Å². The molecule has 0 aromatic heterocycles. The van der Waals surface area contributed by atoms with Crippen molar-refractivity contribution in [3.05, 3.63) is 0 Å². The summed E-state index contributed by atoms with van der Waals surface area (Å²) < 4.78 is 10.4. The first-order valence-corrected chi connectivity index (χ1v) is 3.43. The van der Waals surface area contributed by atoms with Crippen molar-refractivity contribution < 1.29 is 9.47 Å². The average Bonchev–Trinajstić information content (AvgIpc) is 1.88. The van der Waals surface area contributed by atoms with E-state index in [-0.39, 0.29) is 0 Å². The Labute approximate surface area is 56.2 Å². The second-order valence-corrected chi connectivity index (χ2v) is 2.74. The van der Waals surface area contributed by atoms with Gasteiger partial charge in [-0.25, -0.2) is 0 Å². The van der Waals surface area contributed by atoms with Crippen LogP contribution in [-0.2, 0) is 9.47 Å². The molecule has 2 heteroatoms. The molecule has 54 valence electrons. The molecule has 0 N–H and O–H groups in total. The summed E-state index contributed by atoms with van der Waals surface area (Å²) in [6, 6.07) is 0. The molecule has 1 aliphatic rings. The number of rotatable bonds is 1. The van der Waals surface area contributed by atoms with Gasteiger partial charge >= 0.3 is 0 Å². The van der Waals surface area contributed by atoms with E-state index in [4.69, 9.17) is 9.47 Å². The molecule has 0 radical (unpaired) electrons. The van der Waals surface area contributed by atoms with Crippen molar-refractivity contribution in [1.29, 1.82) is 0 Å². The minimum Gasteiger partial charge on any atom is -0.379 e. The number of ether oxygens (including phenoxy) is 2. The van der Waals surface area contributed by atoms with Gasteiger partial charge in [0.1, 0.15) is 0 Å². The van der Waals surface area contributed by atoms with E-state index in [0.29, 0.717) is 12.0 Å². The summed E-state index contributed by atoms with van der Waals surface area (Å²) in [5.41, 5.74) is 0. The van der Waals surface area contributed by atoms with Gasteiger partial charge in [0, 0.05) is 13.7 Å². The summed E-state index contributed by atoms with van der Waals surface area (Å²) in [4.78, 5) is 0. The lowest BCUT2D eigenvalue weighted by Gasteiger charge is -2.25. The van der Waals surface area contributed by atoms with Crippen LogP contribution in [0.15, 0.2) is 0 Å². The van der Waals surface area contributed by atoms with Crippen molar-refractivity contribution >= 4 is 0 Å². The van der Waals surface area contributed by atoms with Crippen molar-refractivity contribution in [2.75, 3.05) is 20.3 Å². The maximum atomic E-state index is 5.26. The third-order valence-electron chi connectivity index (χ3n) is 1.70. The third kappa shape index (κ3) is 1.95. The molecule has 2 atom stereocenters. The third-order valence-corrected chi connectivity index (χ3v) is 1.70. The molecule has 0 amide bonds. The van der Waals surface area contributed by atoms with Crippen LogP contribution in [0, 0.1) is 5.92 Å². The minimum absolute atomic E-state index is 0.341. The Morgan fingerprint density at radius 3 is 2.67 bits per heavy atom. The van der Waals surface area contributed by atoms with Crippen molar-refractivity contribution in [2.24, 2.45) is 5.92 Å². The van der Waals surface area contributed by atoms with Gasteiger partial charge in [0.25, 0.3) is 0 Å². The second kappa shape index (κ2) is 3.18. The number of hydrogen-bond donors (Lipinski definition) is 0. The first-order valence-electron chi connectivity index (χ1n) is 3.43. The number of hydrogen-bond acceptors (Lipinski definition) is 2. The Hall–Kier alpha value is -0.0800. The molecule has 0 aromatic carbocycles. The predicted molar refractivity (Wildman–Crippen MR) is 35.4 cm³/mol. The van der Waals surface area contributed by atoms with E-state index >= 15 is 0 Å². The highest BCUT2D eigenvalue weighted by Gasteiger charge is 2.17. The van der Waals surface area contributed by atoms with Gasteiger partial charge in [-0.05, 0) is 12.3 Å². The van der Waals surface area contributed by atoms with Gasteiger partial charge in [-0.2, -0.15) is 0 Å². The Morgan fingerprint density at radius 2 is 2.22 bits per heavy atom. The standard InChI is InChI=1S/C7H14O2/c1-6-3-7(8-2)5-9-4-6/h6-7H,3-5H2,1-2H3/t6-,7+/m0/s1. The smallest absolute Gasteiger partial charge is 0.0808 e. The van der Waals surface area contributed by atoms with Crippen molar-refractivity contribution in [2.45, 2.75) is 19.4 Å². The summed E-state index contributed by atoms with van der Waals surface area (Å²) >= 11 is 0. The second-order valence-electron chi connectivity index (χ2n) is 2.74. The quantitative estimate of drug-likeness (QED) is 0.528. The molecule has 0 bridgehead atoms. The van der Waals surface area contributed by atoms with Gasteiger partial charge in [0.2, 0.25) is 0 Å². The largest absolute Gasteiger partial charge is 0.379 e. The average molecular weight is 130 g/mol. The molecule has 0 saturated carbocycles. The lowest BCUT2D eigenvalue weighted by molar-refractivity contribution is -0.0515. The maximum Gasteiger partial charge on any atom is 0.0808 e. The summed E-state index contributed by atoms with van der Waals surface area (Å²) in [6.07, 6.45) is 1.49. The van der Waals surface area contributed by atoms with Crippen molar-refractivity contribution in [3.63, 3.8) is 0 Å². The van der Waals surface area contributed by atoms with Gasteiger partial charge in [-0.15, -0.1) is 0 Å². The van der Waals surface area contributed by atoms with Gasteiger partial charge < -0.3 is 9.47 Å². The highest BCUT2D eigenvalue weighted by atomic mass is 16.5. The molecule has 0 aliphatic carbocycles. The van der Waals surface area contributed by atoms with Gasteiger partial charge in [-0.3, -0.25) is 0 Å². The number of methoxy groups -OCH3 is 1. The predicted octanol–water partition coefficient (Wildman–Crippen LogP) is 1.06. The maximum absolute atomic E-state index is 5.26. The van der Waals surface area contributed by atoms with E-state index in [1.54, 1.807) is 7.11 Å². The topological polar surface area (TPSA) is 18.5 Å². The monoisotopic (exact) mass is 130 g/mol. The van der Waals surface area contributed by atoms with E-state index in [1.165, 1.54) is 0 Å². The molecule has 0 spiro atoms. The molecule has 9 heavy (non-hydrogen) atoms. The van der Waals surface area contributed by atoms with Crippen LogP contribution in [0.5, 0.6) is 0 Å². The van der Waals surface area contributed by atoms with Crippen LogP contribution in [0.25, 0.3) is 0 Å². The molecule has 2 nitrogen and oxygen atoms in total. The fourth-order valence-corrected chi connectivity index (χ4v) is 1.15. The molecule has 1 aliphatic heterocycles. The van der Waals surface area contributed by atoms with Crippen LogP contribution in [0.3, 0.4) is 0 Å². The fraction of sp³-hybridized carbons (Fsp3) is 1.00. The van der Waals surface area contributed by atoms with Crippen LogP contribution >= 0.6 is 0 Å². The summed E-state index contributed by atoms with van der Waals surface area (Å²) in [5.74, 6) is 0.670. The van der Waals surface area contributed by atoms with E-state index < -0.39 is 0 Å². The SMILES string of the molecule is CO[C@H]1COC[C@@H](C)C1. The van der Waals surface area contributed by atoms with Crippen molar-refractivity contribution in [3.8, 4) is 0 Å². The van der Waals surface area contributed by atoms with E-state index in [2.05, 4.69) is 6.92 Å². The minimum atomic E-state index is 0.341. The zero-order chi connectivity index (χ0) is 6.69. The molecule has 1 heterocycles. The highest BCUT2D eigenvalue weighted by Crippen LogP contribution is 2.14. The fourth-order valence-electron chi connectivity index (χ4n) is 1.15. The van der Waals surface area contributed by atoms with Crippen molar-refractivity contribution in [1.82, 2.24) is 0 Å². The summed E-state index contributed by atoms with van der Waals surface area (Å²) in [7, 11) is 1.74. The van der Waals surface area contributed by atoms with Gasteiger partial charge in [0.15, 0.2) is 0 Å². The Morgan fingerprint density at radius 1 is 1.44 bits per heavy atom. The van der Waals surface area contributed by atoms with E-state index in [1.807, 2.05) is 0 Å². The zero-order valence-electron chi connectivity index (χ0n) is 6.09. The zero-order valence-corrected chi connectivity index (χ0v) is 6.09. The van der Waals surface area contributed by atoms with Crippen LogP contribution < -0.4 is 0 Å². The van der Waals surface area contributed by atoms with E-state index in [0.717, 1.165) is 19.6 Å². The Bertz CT molecular complexity index is 83.0. The van der Waals surface area contributed by atoms with E-state index in [9.17, 15) is 0 Å². The van der Waals surface area contributed by atoms with Gasteiger partial charge in [0.05, 0.1) is 12.7 Å². The normalized spacial score (nSPS) is 36.7. The summed E-state index contributed by atoms with van der Waals surface area (Å²) in [5, 5.41) is 0. The highest BCUT2D eigenvalue weighted by molar-refractivity contribution is 4.66. The first kappa shape index (κ1) is 7.03. The Kier molecular flexibility index (Phi) is 2.49. The lowest BCUT2D eigenvalue weighted by atomic mass is 10.0. The Balaban J connectivity index is 2.23. The van der Waals surface area contributed by atoms with Crippen LogP contribution in [0.4, 0.5) is 0 Å². The molecular weight excluding hydrogens is 116 g/mol. The van der Waals surface area contributed by atoms with Crippen LogP contribution in [-0.4, -0.2) is 26.4 Å². The van der Waals surface area contributed by atoms with Gasteiger partial charge in [-0.1, -0.05) is 6.92 Å². The molecule has 0 aromatic rings. The molecule has 1 fully saturated rings. The lowest BCUT2D eigenvalue weighted by Crippen LogP contribution is -2.29.